The number of hydrogen-bond donors (Lipinski definition) is 1. The number of amides is 1. The smallest absolute Gasteiger partial charge is 0.281 e. The van der Waals surface area contributed by atoms with Crippen LogP contribution in [-0.4, -0.2) is 18.1 Å². The summed E-state index contributed by atoms with van der Waals surface area (Å²) in [5.41, 5.74) is 2.21. The Hall–Kier alpha value is -2.92. The summed E-state index contributed by atoms with van der Waals surface area (Å²) in [7, 11) is 1.60. The molecule has 1 heterocycles. The molecule has 0 aromatic heterocycles. The third kappa shape index (κ3) is 3.36. The average Bonchev–Trinajstić information content (AvgIpc) is 2.90. The second kappa shape index (κ2) is 7.10. The highest BCUT2D eigenvalue weighted by Crippen LogP contribution is 2.23. The summed E-state index contributed by atoms with van der Waals surface area (Å²) in [6.45, 7) is 0. The number of ether oxygens (including phenoxy) is 1. The van der Waals surface area contributed by atoms with E-state index in [1.165, 1.54) is 4.90 Å². The van der Waals surface area contributed by atoms with Gasteiger partial charge in [0.25, 0.3) is 5.91 Å². The molecule has 0 unspecified atom stereocenters. The maximum atomic E-state index is 12.6. The summed E-state index contributed by atoms with van der Waals surface area (Å²) in [4.78, 5) is 14.0. The number of thiocarbonyl (C=S) groups is 1. The number of rotatable bonds is 4. The van der Waals surface area contributed by atoms with Gasteiger partial charge in [-0.15, -0.1) is 0 Å². The fourth-order valence-corrected chi connectivity index (χ4v) is 2.63. The molecule has 1 saturated heterocycles. The predicted octanol–water partition coefficient (Wildman–Crippen LogP) is 3.51. The standard InChI is InChI=1S/C19H16N2O2S/c1-23-16-12-10-15(11-13-16)21-18(22)17(20-19(21)24)9-5-8-14-6-3-2-4-7-14/h2-13H,1H3,(H,20,24)/b8-5+,17-9-. The van der Waals surface area contributed by atoms with Crippen LogP contribution >= 0.6 is 12.2 Å². The van der Waals surface area contributed by atoms with Crippen molar-refractivity contribution in [2.75, 3.05) is 12.0 Å². The lowest BCUT2D eigenvalue weighted by Gasteiger charge is -2.14. The van der Waals surface area contributed by atoms with Crippen LogP contribution in [0.1, 0.15) is 5.56 Å². The van der Waals surface area contributed by atoms with Crippen molar-refractivity contribution >= 4 is 35.0 Å². The Bertz CT molecular complexity index is 811. The molecule has 0 aliphatic carbocycles. The molecule has 120 valence electrons. The number of carbonyl (C=O) groups excluding carboxylic acids is 1. The minimum atomic E-state index is -0.178. The number of hydrogen-bond acceptors (Lipinski definition) is 3. The van der Waals surface area contributed by atoms with Crippen LogP contribution in [0.25, 0.3) is 6.08 Å². The van der Waals surface area contributed by atoms with Gasteiger partial charge in [-0.3, -0.25) is 9.69 Å². The molecule has 1 fully saturated rings. The van der Waals surface area contributed by atoms with Gasteiger partial charge in [0.05, 0.1) is 12.8 Å². The second-order valence-electron chi connectivity index (χ2n) is 5.12. The molecule has 0 radical (unpaired) electrons. The maximum absolute atomic E-state index is 12.6. The van der Waals surface area contributed by atoms with E-state index >= 15 is 0 Å². The van der Waals surface area contributed by atoms with Crippen molar-refractivity contribution in [3.05, 3.63) is 78.0 Å². The molecule has 0 bridgehead atoms. The minimum Gasteiger partial charge on any atom is -0.497 e. The molecule has 3 rings (SSSR count). The van der Waals surface area contributed by atoms with Crippen molar-refractivity contribution in [3.8, 4) is 5.75 Å². The zero-order chi connectivity index (χ0) is 16.9. The normalized spacial score (nSPS) is 16.0. The molecular weight excluding hydrogens is 320 g/mol. The molecule has 1 N–H and O–H groups in total. The van der Waals surface area contributed by atoms with Crippen LogP contribution in [0.15, 0.2) is 72.4 Å². The van der Waals surface area contributed by atoms with E-state index in [0.717, 1.165) is 11.3 Å². The van der Waals surface area contributed by atoms with Gasteiger partial charge in [-0.2, -0.15) is 0 Å². The highest BCUT2D eigenvalue weighted by atomic mass is 32.1. The third-order valence-electron chi connectivity index (χ3n) is 3.56. The predicted molar refractivity (Wildman–Crippen MR) is 99.8 cm³/mol. The van der Waals surface area contributed by atoms with Gasteiger partial charge in [0.2, 0.25) is 0 Å². The first kappa shape index (κ1) is 16.0. The Kier molecular flexibility index (Phi) is 4.72. The molecule has 4 nitrogen and oxygen atoms in total. The van der Waals surface area contributed by atoms with Gasteiger partial charge >= 0.3 is 0 Å². The van der Waals surface area contributed by atoms with Crippen molar-refractivity contribution in [2.45, 2.75) is 0 Å². The Morgan fingerprint density at radius 3 is 2.46 bits per heavy atom. The molecule has 0 atom stereocenters. The summed E-state index contributed by atoms with van der Waals surface area (Å²) in [5.74, 6) is 0.550. The molecule has 2 aromatic rings. The number of carbonyl (C=O) groups is 1. The second-order valence-corrected chi connectivity index (χ2v) is 5.51. The Morgan fingerprint density at radius 1 is 1.08 bits per heavy atom. The molecular formula is C19H16N2O2S. The first-order valence-corrected chi connectivity index (χ1v) is 7.83. The lowest BCUT2D eigenvalue weighted by atomic mass is 10.2. The fourth-order valence-electron chi connectivity index (χ4n) is 2.34. The van der Waals surface area contributed by atoms with Crippen molar-refractivity contribution in [1.82, 2.24) is 5.32 Å². The zero-order valence-corrected chi connectivity index (χ0v) is 13.9. The molecule has 5 heteroatoms. The molecule has 0 saturated carbocycles. The van der Waals surface area contributed by atoms with Gasteiger partial charge < -0.3 is 10.1 Å². The van der Waals surface area contributed by atoms with Gasteiger partial charge in [0.15, 0.2) is 5.11 Å². The Labute approximate surface area is 146 Å². The number of anilines is 1. The van der Waals surface area contributed by atoms with E-state index < -0.39 is 0 Å². The van der Waals surface area contributed by atoms with E-state index in [0.29, 0.717) is 16.5 Å². The van der Waals surface area contributed by atoms with Crippen LogP contribution in [-0.2, 0) is 4.79 Å². The third-order valence-corrected chi connectivity index (χ3v) is 3.84. The zero-order valence-electron chi connectivity index (χ0n) is 13.1. The van der Waals surface area contributed by atoms with Crippen LogP contribution in [0.3, 0.4) is 0 Å². The van der Waals surface area contributed by atoms with Gasteiger partial charge in [-0.05, 0) is 48.1 Å². The number of methoxy groups -OCH3 is 1. The van der Waals surface area contributed by atoms with Crippen LogP contribution < -0.4 is 15.0 Å². The lowest BCUT2D eigenvalue weighted by molar-refractivity contribution is -0.113. The summed E-state index contributed by atoms with van der Waals surface area (Å²) in [6.07, 6.45) is 5.49. The summed E-state index contributed by atoms with van der Waals surface area (Å²) in [5, 5.41) is 3.32. The van der Waals surface area contributed by atoms with Crippen molar-refractivity contribution in [1.29, 1.82) is 0 Å². The van der Waals surface area contributed by atoms with Crippen LogP contribution in [0.2, 0.25) is 0 Å². The Balaban J connectivity index is 1.78. The van der Waals surface area contributed by atoms with E-state index in [-0.39, 0.29) is 5.91 Å². The Morgan fingerprint density at radius 2 is 1.79 bits per heavy atom. The number of allylic oxidation sites excluding steroid dienone is 2. The first-order chi connectivity index (χ1) is 11.7. The molecule has 1 aliphatic rings. The maximum Gasteiger partial charge on any atom is 0.281 e. The number of nitrogens with zero attached hydrogens (tertiary/aromatic N) is 1. The highest BCUT2D eigenvalue weighted by molar-refractivity contribution is 7.80. The van der Waals surface area contributed by atoms with Crippen molar-refractivity contribution in [3.63, 3.8) is 0 Å². The van der Waals surface area contributed by atoms with Crippen LogP contribution in [0.5, 0.6) is 5.75 Å². The monoisotopic (exact) mass is 336 g/mol. The SMILES string of the molecule is COc1ccc(N2C(=O)/C(=C/C=C/c3ccccc3)NC2=S)cc1. The quantitative estimate of drug-likeness (QED) is 0.685. The first-order valence-electron chi connectivity index (χ1n) is 7.42. The van der Waals surface area contributed by atoms with E-state index in [4.69, 9.17) is 17.0 Å². The van der Waals surface area contributed by atoms with Crippen LogP contribution in [0.4, 0.5) is 5.69 Å². The highest BCUT2D eigenvalue weighted by Gasteiger charge is 2.31. The summed E-state index contributed by atoms with van der Waals surface area (Å²) in [6, 6.07) is 17.1. The molecule has 24 heavy (non-hydrogen) atoms. The number of nitrogens with one attached hydrogen (secondary N) is 1. The van der Waals surface area contributed by atoms with Gasteiger partial charge in [0.1, 0.15) is 11.4 Å². The van der Waals surface area contributed by atoms with E-state index in [1.54, 1.807) is 37.5 Å². The average molecular weight is 336 g/mol. The molecule has 1 amide bonds. The minimum absolute atomic E-state index is 0.178. The van der Waals surface area contributed by atoms with Gasteiger partial charge in [0, 0.05) is 0 Å². The molecule has 0 spiro atoms. The van der Waals surface area contributed by atoms with Gasteiger partial charge in [-0.1, -0.05) is 42.5 Å². The number of benzene rings is 2. The summed E-state index contributed by atoms with van der Waals surface area (Å²) < 4.78 is 5.13. The fraction of sp³-hybridized carbons (Fsp3) is 0.0526. The van der Waals surface area contributed by atoms with Crippen molar-refractivity contribution in [2.24, 2.45) is 0 Å². The lowest BCUT2D eigenvalue weighted by Crippen LogP contribution is -2.30. The van der Waals surface area contributed by atoms with E-state index in [9.17, 15) is 4.79 Å². The van der Waals surface area contributed by atoms with Crippen molar-refractivity contribution < 1.29 is 9.53 Å². The van der Waals surface area contributed by atoms with E-state index in [1.807, 2.05) is 42.5 Å². The largest absolute Gasteiger partial charge is 0.497 e. The topological polar surface area (TPSA) is 41.6 Å². The summed E-state index contributed by atoms with van der Waals surface area (Å²) >= 11 is 5.28. The van der Waals surface area contributed by atoms with Crippen LogP contribution in [0, 0.1) is 0 Å². The molecule has 2 aromatic carbocycles. The van der Waals surface area contributed by atoms with Gasteiger partial charge in [-0.25, -0.2) is 0 Å². The van der Waals surface area contributed by atoms with E-state index in [2.05, 4.69) is 5.32 Å². The molecule has 1 aliphatic heterocycles.